The predicted octanol–water partition coefficient (Wildman–Crippen LogP) is 2.71. The second-order valence-electron chi connectivity index (χ2n) is 6.14. The average molecular weight is 331 g/mol. The first kappa shape index (κ1) is 16.8. The molecule has 1 aliphatic rings. The summed E-state index contributed by atoms with van der Waals surface area (Å²) in [5, 5.41) is 18.6. The van der Waals surface area contributed by atoms with Crippen LogP contribution in [0, 0.1) is 5.82 Å². The highest BCUT2D eigenvalue weighted by Crippen LogP contribution is 2.28. The van der Waals surface area contributed by atoms with Crippen LogP contribution in [0.1, 0.15) is 36.6 Å². The number of likely N-dealkylation sites (tertiary alicyclic amines) is 1. The van der Waals surface area contributed by atoms with Crippen molar-refractivity contribution in [2.45, 2.75) is 38.0 Å². The van der Waals surface area contributed by atoms with E-state index in [1.54, 1.807) is 25.3 Å². The van der Waals surface area contributed by atoms with Gasteiger partial charge in [-0.15, -0.1) is 5.10 Å². The third-order valence-corrected chi connectivity index (χ3v) is 4.52. The second-order valence-corrected chi connectivity index (χ2v) is 6.14. The number of benzene rings is 1. The van der Waals surface area contributed by atoms with Crippen molar-refractivity contribution in [3.8, 4) is 5.88 Å². The molecule has 0 aliphatic carbocycles. The Balaban J connectivity index is 1.61. The number of halogens is 1. The zero-order valence-corrected chi connectivity index (χ0v) is 13.7. The number of aliphatic hydroxyl groups excluding tert-OH is 1. The van der Waals surface area contributed by atoms with E-state index in [1.165, 1.54) is 12.1 Å². The summed E-state index contributed by atoms with van der Waals surface area (Å²) in [6.45, 7) is 1.69. The fraction of sp³-hybridized carbons (Fsp3) is 0.444. The molecule has 2 atom stereocenters. The third-order valence-electron chi connectivity index (χ3n) is 4.52. The van der Waals surface area contributed by atoms with Crippen LogP contribution in [0.2, 0.25) is 0 Å². The first-order valence-corrected chi connectivity index (χ1v) is 8.20. The molecule has 1 N–H and O–H groups in total. The molecule has 2 aromatic rings. The fourth-order valence-electron chi connectivity index (χ4n) is 3.20. The highest BCUT2D eigenvalue weighted by Gasteiger charge is 2.27. The Morgan fingerprint density at radius 1 is 1.25 bits per heavy atom. The minimum Gasteiger partial charge on any atom is -0.480 e. The van der Waals surface area contributed by atoms with Crippen molar-refractivity contribution in [2.24, 2.45) is 0 Å². The molecule has 1 aliphatic heterocycles. The SMILES string of the molecule is COc1ccc(CN2CCCC2CC(O)c2ccc(F)cc2)nn1. The summed E-state index contributed by atoms with van der Waals surface area (Å²) >= 11 is 0. The Morgan fingerprint density at radius 3 is 2.71 bits per heavy atom. The van der Waals surface area contributed by atoms with E-state index in [2.05, 4.69) is 15.1 Å². The van der Waals surface area contributed by atoms with Gasteiger partial charge in [-0.05, 0) is 49.6 Å². The van der Waals surface area contributed by atoms with Gasteiger partial charge in [0, 0.05) is 18.7 Å². The second kappa shape index (κ2) is 7.68. The van der Waals surface area contributed by atoms with Gasteiger partial charge in [0.2, 0.25) is 5.88 Å². The van der Waals surface area contributed by atoms with Crippen molar-refractivity contribution < 1.29 is 14.2 Å². The predicted molar refractivity (Wildman–Crippen MR) is 88.0 cm³/mol. The topological polar surface area (TPSA) is 58.5 Å². The summed E-state index contributed by atoms with van der Waals surface area (Å²) in [4.78, 5) is 2.32. The number of hydrogen-bond donors (Lipinski definition) is 1. The number of methoxy groups -OCH3 is 1. The van der Waals surface area contributed by atoms with Crippen LogP contribution in [0.3, 0.4) is 0 Å². The lowest BCUT2D eigenvalue weighted by Gasteiger charge is -2.26. The van der Waals surface area contributed by atoms with Gasteiger partial charge >= 0.3 is 0 Å². The molecule has 1 saturated heterocycles. The van der Waals surface area contributed by atoms with Crippen LogP contribution < -0.4 is 4.74 Å². The van der Waals surface area contributed by atoms with Gasteiger partial charge < -0.3 is 9.84 Å². The lowest BCUT2D eigenvalue weighted by atomic mass is 10.0. The summed E-state index contributed by atoms with van der Waals surface area (Å²) in [7, 11) is 1.57. The number of rotatable bonds is 6. The zero-order chi connectivity index (χ0) is 16.9. The van der Waals surface area contributed by atoms with Crippen molar-refractivity contribution >= 4 is 0 Å². The molecule has 2 unspecified atom stereocenters. The molecule has 0 amide bonds. The number of hydrogen-bond acceptors (Lipinski definition) is 5. The maximum Gasteiger partial charge on any atom is 0.233 e. The molecule has 1 aromatic carbocycles. The Kier molecular flexibility index (Phi) is 5.37. The molecule has 1 fully saturated rings. The van der Waals surface area contributed by atoms with Crippen LogP contribution in [-0.2, 0) is 6.54 Å². The number of aliphatic hydroxyl groups is 1. The minimum absolute atomic E-state index is 0.286. The Bertz CT molecular complexity index is 648. The molecule has 5 nitrogen and oxygen atoms in total. The molecule has 0 spiro atoms. The quantitative estimate of drug-likeness (QED) is 0.882. The monoisotopic (exact) mass is 331 g/mol. The number of aromatic nitrogens is 2. The summed E-state index contributed by atoms with van der Waals surface area (Å²) < 4.78 is 18.0. The molecular weight excluding hydrogens is 309 g/mol. The molecule has 1 aromatic heterocycles. The number of nitrogens with zero attached hydrogens (tertiary/aromatic N) is 3. The van der Waals surface area contributed by atoms with E-state index in [9.17, 15) is 9.50 Å². The Labute approximate surface area is 141 Å². The van der Waals surface area contributed by atoms with Gasteiger partial charge in [-0.3, -0.25) is 4.90 Å². The Morgan fingerprint density at radius 2 is 2.04 bits per heavy atom. The Hall–Kier alpha value is -2.05. The maximum absolute atomic E-state index is 13.0. The highest BCUT2D eigenvalue weighted by molar-refractivity contribution is 5.19. The third kappa shape index (κ3) is 4.07. The summed E-state index contributed by atoms with van der Waals surface area (Å²) in [5.74, 6) is 0.218. The fourth-order valence-corrected chi connectivity index (χ4v) is 3.20. The van der Waals surface area contributed by atoms with E-state index in [1.807, 2.05) is 6.07 Å². The lowest BCUT2D eigenvalue weighted by molar-refractivity contribution is 0.117. The molecule has 2 heterocycles. The van der Waals surface area contributed by atoms with Crippen LogP contribution >= 0.6 is 0 Å². The van der Waals surface area contributed by atoms with E-state index in [-0.39, 0.29) is 11.9 Å². The van der Waals surface area contributed by atoms with Crippen molar-refractivity contribution in [1.29, 1.82) is 0 Å². The van der Waals surface area contributed by atoms with E-state index in [4.69, 9.17) is 4.74 Å². The van der Waals surface area contributed by atoms with Gasteiger partial charge in [-0.2, -0.15) is 5.10 Å². The van der Waals surface area contributed by atoms with E-state index >= 15 is 0 Å². The minimum atomic E-state index is -0.585. The molecule has 0 saturated carbocycles. The van der Waals surface area contributed by atoms with E-state index in [0.29, 0.717) is 18.8 Å². The smallest absolute Gasteiger partial charge is 0.233 e. The van der Waals surface area contributed by atoms with Crippen LogP contribution in [0.25, 0.3) is 0 Å². The van der Waals surface area contributed by atoms with Crippen LogP contribution in [-0.4, -0.2) is 39.9 Å². The van der Waals surface area contributed by atoms with E-state index < -0.39 is 6.10 Å². The van der Waals surface area contributed by atoms with Crippen molar-refractivity contribution in [1.82, 2.24) is 15.1 Å². The molecular formula is C18H22FN3O2. The lowest BCUT2D eigenvalue weighted by Crippen LogP contribution is -2.30. The molecule has 0 bridgehead atoms. The van der Waals surface area contributed by atoms with Gasteiger partial charge in [-0.25, -0.2) is 4.39 Å². The molecule has 128 valence electrons. The first-order chi connectivity index (χ1) is 11.7. The maximum atomic E-state index is 13.0. The van der Waals surface area contributed by atoms with Crippen molar-refractivity contribution in [2.75, 3.05) is 13.7 Å². The van der Waals surface area contributed by atoms with Gasteiger partial charge in [0.25, 0.3) is 0 Å². The first-order valence-electron chi connectivity index (χ1n) is 8.20. The summed E-state index contributed by atoms with van der Waals surface area (Å²) in [6.07, 6.45) is 2.19. The van der Waals surface area contributed by atoms with Crippen LogP contribution in [0.4, 0.5) is 4.39 Å². The average Bonchev–Trinajstić information content (AvgIpc) is 3.03. The molecule has 0 radical (unpaired) electrons. The van der Waals surface area contributed by atoms with E-state index in [0.717, 1.165) is 30.6 Å². The summed E-state index contributed by atoms with van der Waals surface area (Å²) in [6, 6.07) is 10.1. The van der Waals surface area contributed by atoms with Crippen LogP contribution in [0.5, 0.6) is 5.88 Å². The zero-order valence-electron chi connectivity index (χ0n) is 13.7. The van der Waals surface area contributed by atoms with Gasteiger partial charge in [-0.1, -0.05) is 12.1 Å². The van der Waals surface area contributed by atoms with Gasteiger partial charge in [0.05, 0.1) is 18.9 Å². The largest absolute Gasteiger partial charge is 0.480 e. The van der Waals surface area contributed by atoms with Crippen molar-refractivity contribution in [3.05, 3.63) is 53.5 Å². The normalized spacial score (nSPS) is 19.4. The van der Waals surface area contributed by atoms with Crippen molar-refractivity contribution in [3.63, 3.8) is 0 Å². The van der Waals surface area contributed by atoms with Crippen LogP contribution in [0.15, 0.2) is 36.4 Å². The van der Waals surface area contributed by atoms with Gasteiger partial charge in [0.1, 0.15) is 5.82 Å². The van der Waals surface area contributed by atoms with Gasteiger partial charge in [0.15, 0.2) is 0 Å². The highest BCUT2D eigenvalue weighted by atomic mass is 19.1. The molecule has 6 heteroatoms. The molecule has 3 rings (SSSR count). The molecule has 24 heavy (non-hydrogen) atoms. The summed E-state index contributed by atoms with van der Waals surface area (Å²) in [5.41, 5.74) is 1.64. The standard InChI is InChI=1S/C18H22FN3O2/c1-24-18-9-8-15(20-21-18)12-22-10-2-3-16(22)11-17(23)13-4-6-14(19)7-5-13/h4-9,16-17,23H,2-3,10-12H2,1H3. The number of ether oxygens (including phenoxy) is 1.